The van der Waals surface area contributed by atoms with Crippen molar-refractivity contribution in [3.8, 4) is 0 Å². The Labute approximate surface area is 94.0 Å². The number of nitrogens with one attached hydrogen (secondary N) is 1. The molecule has 0 aliphatic heterocycles. The Balaban J connectivity index is 0.000000810. The molecule has 1 fully saturated rings. The van der Waals surface area contributed by atoms with Gasteiger partial charge in [-0.2, -0.15) is 12.8 Å². The Morgan fingerprint density at radius 3 is 2.90 bits per heavy atom. The summed E-state index contributed by atoms with van der Waals surface area (Å²) in [5.41, 5.74) is 0. The normalized spacial score (nSPS) is 26.7. The van der Waals surface area contributed by atoms with E-state index in [4.69, 9.17) is 0 Å². The standard InChI is InChI=1S/C8H16N.Ho/c1-9-8-6-4-2-3-5-7-8;/h4,8-9H,2-3,5-7H2,1H3;/q-1;/t8-;/m0./s1. The van der Waals surface area contributed by atoms with Gasteiger partial charge in [-0.05, 0) is 19.5 Å². The minimum Gasteiger partial charge on any atom is -0.327 e. The fourth-order valence-electron chi connectivity index (χ4n) is 1.38. The summed E-state index contributed by atoms with van der Waals surface area (Å²) in [6, 6.07) is 0.771. The van der Waals surface area contributed by atoms with Crippen LogP contribution >= 0.6 is 0 Å². The number of rotatable bonds is 1. The second kappa shape index (κ2) is 6.90. The van der Waals surface area contributed by atoms with Crippen molar-refractivity contribution in [1.29, 1.82) is 0 Å². The fraction of sp³-hybridized carbons (Fsp3) is 0.875. The van der Waals surface area contributed by atoms with Crippen LogP contribution in [0.15, 0.2) is 0 Å². The van der Waals surface area contributed by atoms with Crippen LogP contribution in [0, 0.1) is 44.2 Å². The summed E-state index contributed by atoms with van der Waals surface area (Å²) in [6.45, 7) is 0. The molecule has 1 saturated carbocycles. The molecule has 0 heterocycles. The predicted molar refractivity (Wildman–Crippen MR) is 40.2 cm³/mol. The molecule has 0 aromatic rings. The zero-order valence-corrected chi connectivity index (χ0v) is 8.43. The topological polar surface area (TPSA) is 12.0 Å². The quantitative estimate of drug-likeness (QED) is 0.441. The molecule has 1 N–H and O–H groups in total. The third-order valence-corrected chi connectivity index (χ3v) is 2.07. The van der Waals surface area contributed by atoms with E-state index in [1.54, 1.807) is 0 Å². The maximum Gasteiger partial charge on any atom is 0 e. The minimum atomic E-state index is 0. The zero-order valence-electron chi connectivity index (χ0n) is 6.49. The Morgan fingerprint density at radius 2 is 2.20 bits per heavy atom. The van der Waals surface area contributed by atoms with Gasteiger partial charge in [0.05, 0.1) is 0 Å². The molecule has 0 aromatic carbocycles. The van der Waals surface area contributed by atoms with Gasteiger partial charge in [-0.3, -0.25) is 0 Å². The van der Waals surface area contributed by atoms with Crippen molar-refractivity contribution in [2.24, 2.45) is 0 Å². The van der Waals surface area contributed by atoms with Crippen LogP contribution in [0.1, 0.15) is 32.1 Å². The first-order valence-electron chi connectivity index (χ1n) is 3.92. The van der Waals surface area contributed by atoms with Crippen molar-refractivity contribution in [3.05, 3.63) is 6.42 Å². The van der Waals surface area contributed by atoms with Gasteiger partial charge in [0.1, 0.15) is 0 Å². The van der Waals surface area contributed by atoms with Gasteiger partial charge in [0.25, 0.3) is 0 Å². The molecular formula is C8H16HoN-. The van der Waals surface area contributed by atoms with E-state index in [0.717, 1.165) is 6.04 Å². The summed E-state index contributed by atoms with van der Waals surface area (Å²) in [5, 5.41) is 3.31. The molecule has 2 heteroatoms. The van der Waals surface area contributed by atoms with Crippen molar-refractivity contribution >= 4 is 0 Å². The molecule has 1 aliphatic carbocycles. The smallest absolute Gasteiger partial charge is 0 e. The number of hydrogen-bond donors (Lipinski definition) is 1. The summed E-state index contributed by atoms with van der Waals surface area (Å²) >= 11 is 0. The van der Waals surface area contributed by atoms with Crippen LogP contribution in [0.25, 0.3) is 0 Å². The van der Waals surface area contributed by atoms with Crippen LogP contribution < -0.4 is 5.32 Å². The Hall–Kier alpha value is 1.22. The third kappa shape index (κ3) is 4.17. The molecule has 0 unspecified atom stereocenters. The average Bonchev–Trinajstić information content (AvgIpc) is 2.13. The van der Waals surface area contributed by atoms with E-state index < -0.39 is 0 Å². The molecule has 0 aromatic heterocycles. The third-order valence-electron chi connectivity index (χ3n) is 2.07. The van der Waals surface area contributed by atoms with Gasteiger partial charge in [-0.1, -0.05) is 12.8 Å². The summed E-state index contributed by atoms with van der Waals surface area (Å²) in [5.74, 6) is 0. The van der Waals surface area contributed by atoms with Crippen LogP contribution in [0.4, 0.5) is 0 Å². The zero-order chi connectivity index (χ0) is 6.53. The van der Waals surface area contributed by atoms with Crippen molar-refractivity contribution < 1.29 is 37.7 Å². The van der Waals surface area contributed by atoms with E-state index in [9.17, 15) is 0 Å². The van der Waals surface area contributed by atoms with E-state index in [1.807, 2.05) is 0 Å². The summed E-state index contributed by atoms with van der Waals surface area (Å²) < 4.78 is 0. The van der Waals surface area contributed by atoms with Gasteiger partial charge >= 0.3 is 0 Å². The Morgan fingerprint density at radius 1 is 1.40 bits per heavy atom. The maximum atomic E-state index is 3.31. The fourth-order valence-corrected chi connectivity index (χ4v) is 1.38. The summed E-state index contributed by atoms with van der Waals surface area (Å²) in [4.78, 5) is 0. The van der Waals surface area contributed by atoms with Crippen molar-refractivity contribution in [2.45, 2.75) is 38.1 Å². The first-order chi connectivity index (χ1) is 4.43. The van der Waals surface area contributed by atoms with Gasteiger partial charge in [0.15, 0.2) is 0 Å². The van der Waals surface area contributed by atoms with Crippen LogP contribution in [0.3, 0.4) is 0 Å². The largest absolute Gasteiger partial charge is 0.327 e. The first kappa shape index (κ1) is 11.2. The van der Waals surface area contributed by atoms with Crippen LogP contribution in [-0.4, -0.2) is 13.1 Å². The van der Waals surface area contributed by atoms with E-state index in [0.29, 0.717) is 0 Å². The molecule has 1 radical (unpaired) electrons. The molecule has 65 valence electrons. The van der Waals surface area contributed by atoms with E-state index in [-0.39, 0.29) is 37.7 Å². The van der Waals surface area contributed by atoms with Gasteiger partial charge in [0, 0.05) is 37.7 Å². The molecule has 0 bridgehead atoms. The number of hydrogen-bond acceptors (Lipinski definition) is 1. The van der Waals surface area contributed by atoms with Crippen LogP contribution in [0.2, 0.25) is 0 Å². The Bertz CT molecular complexity index is 67.7. The van der Waals surface area contributed by atoms with Crippen molar-refractivity contribution in [2.75, 3.05) is 7.05 Å². The SMILES string of the molecule is CN[C@H]1C[CH-]CCCC1.[Ho]. The van der Waals surface area contributed by atoms with Crippen molar-refractivity contribution in [1.82, 2.24) is 5.32 Å². The van der Waals surface area contributed by atoms with Gasteiger partial charge in [-0.15, -0.1) is 0 Å². The van der Waals surface area contributed by atoms with Gasteiger partial charge in [-0.25, -0.2) is 0 Å². The molecule has 1 atom stereocenters. The molecule has 1 rings (SSSR count). The summed E-state index contributed by atoms with van der Waals surface area (Å²) in [6.07, 6.45) is 9.19. The van der Waals surface area contributed by atoms with Crippen LogP contribution in [0.5, 0.6) is 0 Å². The van der Waals surface area contributed by atoms with Crippen molar-refractivity contribution in [3.63, 3.8) is 0 Å². The molecular weight excluding hydrogens is 275 g/mol. The molecule has 0 saturated heterocycles. The molecule has 0 spiro atoms. The van der Waals surface area contributed by atoms with E-state index in [2.05, 4.69) is 18.8 Å². The predicted octanol–water partition coefficient (Wildman–Crippen LogP) is 1.74. The van der Waals surface area contributed by atoms with E-state index in [1.165, 1.54) is 32.1 Å². The molecule has 10 heavy (non-hydrogen) atoms. The first-order valence-corrected chi connectivity index (χ1v) is 3.92. The molecule has 1 nitrogen and oxygen atoms in total. The molecule has 0 amide bonds. The maximum absolute atomic E-state index is 3.31. The Kier molecular flexibility index (Phi) is 7.74. The molecule has 1 aliphatic rings. The monoisotopic (exact) mass is 291 g/mol. The van der Waals surface area contributed by atoms with E-state index >= 15 is 0 Å². The minimum absolute atomic E-state index is 0. The second-order valence-corrected chi connectivity index (χ2v) is 2.79. The van der Waals surface area contributed by atoms with Crippen LogP contribution in [-0.2, 0) is 0 Å². The average molecular weight is 291 g/mol. The summed E-state index contributed by atoms with van der Waals surface area (Å²) in [7, 11) is 2.06. The van der Waals surface area contributed by atoms with Gasteiger partial charge < -0.3 is 11.7 Å². The van der Waals surface area contributed by atoms with Gasteiger partial charge in [0.2, 0.25) is 0 Å². The second-order valence-electron chi connectivity index (χ2n) is 2.79.